The number of morpholine rings is 1. The monoisotopic (exact) mass is 345 g/mol. The summed E-state index contributed by atoms with van der Waals surface area (Å²) in [5, 5.41) is 0. The zero-order valence-corrected chi connectivity index (χ0v) is 14.7. The first-order valence-electron chi connectivity index (χ1n) is 9.46. The van der Waals surface area contributed by atoms with Crippen molar-refractivity contribution in [3.63, 3.8) is 0 Å². The third-order valence-corrected chi connectivity index (χ3v) is 5.62. The molecule has 1 aromatic heterocycles. The molecular weight excluding hydrogens is 318 g/mol. The van der Waals surface area contributed by atoms with E-state index in [0.29, 0.717) is 19.2 Å². The van der Waals surface area contributed by atoms with Crippen LogP contribution in [0, 0.1) is 0 Å². The van der Waals surface area contributed by atoms with Crippen molar-refractivity contribution in [3.8, 4) is 0 Å². The number of fused-ring (bicyclic) bond motifs is 1. The smallest absolute Gasteiger partial charge is 0.237 e. The summed E-state index contributed by atoms with van der Waals surface area (Å²) in [6, 6.07) is 2.13. The van der Waals surface area contributed by atoms with Crippen molar-refractivity contribution >= 4 is 11.9 Å². The van der Waals surface area contributed by atoms with Crippen LogP contribution in [-0.2, 0) is 9.53 Å². The number of hydrogen-bond donors (Lipinski definition) is 0. The van der Waals surface area contributed by atoms with E-state index in [-0.39, 0.29) is 12.0 Å². The number of nitrogens with zero attached hydrogens (tertiary/aromatic N) is 5. The van der Waals surface area contributed by atoms with E-state index < -0.39 is 0 Å². The van der Waals surface area contributed by atoms with Crippen LogP contribution in [0.3, 0.4) is 0 Å². The minimum absolute atomic E-state index is 0.263. The molecule has 0 spiro atoms. The Hall–Kier alpha value is -1.73. The first-order chi connectivity index (χ1) is 12.3. The van der Waals surface area contributed by atoms with E-state index in [9.17, 15) is 4.79 Å². The standard InChI is InChI=1S/C18H27N5O2/c24-17(23-12-13-25-16-5-2-1-4-15(16)23)14-21-8-10-22(11-9-21)18-19-6-3-7-20-18/h3,6-7,15-16H,1-2,4-5,8-14H2/t15-,16+/m1/s1. The highest BCUT2D eigenvalue weighted by Gasteiger charge is 2.37. The molecule has 1 aliphatic carbocycles. The van der Waals surface area contributed by atoms with E-state index in [4.69, 9.17) is 4.74 Å². The molecule has 4 rings (SSSR count). The third kappa shape index (κ3) is 3.77. The van der Waals surface area contributed by atoms with Crippen molar-refractivity contribution in [2.45, 2.75) is 37.8 Å². The van der Waals surface area contributed by atoms with Gasteiger partial charge < -0.3 is 14.5 Å². The maximum atomic E-state index is 12.9. The van der Waals surface area contributed by atoms with E-state index in [0.717, 1.165) is 51.5 Å². The van der Waals surface area contributed by atoms with Gasteiger partial charge in [0.1, 0.15) is 0 Å². The Morgan fingerprint density at radius 3 is 2.64 bits per heavy atom. The van der Waals surface area contributed by atoms with Crippen LogP contribution in [0.5, 0.6) is 0 Å². The Morgan fingerprint density at radius 1 is 1.08 bits per heavy atom. The fourth-order valence-electron chi connectivity index (χ4n) is 4.25. The zero-order chi connectivity index (χ0) is 17.1. The minimum Gasteiger partial charge on any atom is -0.374 e. The van der Waals surface area contributed by atoms with Crippen LogP contribution in [0.15, 0.2) is 18.5 Å². The molecule has 2 aliphatic heterocycles. The van der Waals surface area contributed by atoms with Gasteiger partial charge in [-0.25, -0.2) is 9.97 Å². The van der Waals surface area contributed by atoms with Crippen molar-refractivity contribution in [3.05, 3.63) is 18.5 Å². The lowest BCUT2D eigenvalue weighted by atomic mass is 9.90. The van der Waals surface area contributed by atoms with E-state index in [1.165, 1.54) is 12.8 Å². The second kappa shape index (κ2) is 7.66. The average molecular weight is 345 g/mol. The highest BCUT2D eigenvalue weighted by atomic mass is 16.5. The number of piperazine rings is 1. The van der Waals surface area contributed by atoms with Crippen molar-refractivity contribution in [2.24, 2.45) is 0 Å². The van der Waals surface area contributed by atoms with E-state index >= 15 is 0 Å². The Bertz CT molecular complexity index is 574. The van der Waals surface area contributed by atoms with Crippen molar-refractivity contribution < 1.29 is 9.53 Å². The van der Waals surface area contributed by atoms with Gasteiger partial charge in [0.25, 0.3) is 0 Å². The van der Waals surface area contributed by atoms with E-state index in [1.54, 1.807) is 12.4 Å². The predicted molar refractivity (Wildman–Crippen MR) is 94.4 cm³/mol. The van der Waals surface area contributed by atoms with Crippen LogP contribution in [-0.4, -0.2) is 83.7 Å². The lowest BCUT2D eigenvalue weighted by molar-refractivity contribution is -0.150. The normalized spacial score (nSPS) is 27.8. The zero-order valence-electron chi connectivity index (χ0n) is 14.7. The van der Waals surface area contributed by atoms with Crippen LogP contribution >= 0.6 is 0 Å². The number of hydrogen-bond acceptors (Lipinski definition) is 6. The molecular formula is C18H27N5O2. The van der Waals surface area contributed by atoms with Crippen LogP contribution in [0.4, 0.5) is 5.95 Å². The molecule has 0 bridgehead atoms. The fourth-order valence-corrected chi connectivity index (χ4v) is 4.25. The first-order valence-corrected chi connectivity index (χ1v) is 9.46. The quantitative estimate of drug-likeness (QED) is 0.806. The molecule has 1 aromatic rings. The highest BCUT2D eigenvalue weighted by molar-refractivity contribution is 5.79. The summed E-state index contributed by atoms with van der Waals surface area (Å²) in [5.74, 6) is 1.05. The minimum atomic E-state index is 0.263. The summed E-state index contributed by atoms with van der Waals surface area (Å²) >= 11 is 0. The van der Waals surface area contributed by atoms with Crippen LogP contribution in [0.25, 0.3) is 0 Å². The first kappa shape index (κ1) is 16.7. The van der Waals surface area contributed by atoms with Crippen LogP contribution in [0.2, 0.25) is 0 Å². The molecule has 1 amide bonds. The SMILES string of the molecule is O=C(CN1CCN(c2ncccn2)CC1)N1CCO[C@H]2CCCC[C@H]21. The van der Waals surface area contributed by atoms with Crippen LogP contribution < -0.4 is 4.90 Å². The molecule has 1 saturated carbocycles. The number of carbonyl (C=O) groups is 1. The Labute approximate surface area is 149 Å². The summed E-state index contributed by atoms with van der Waals surface area (Å²) in [4.78, 5) is 28.0. The number of rotatable bonds is 3. The molecule has 0 radical (unpaired) electrons. The van der Waals surface area contributed by atoms with E-state index in [2.05, 4.69) is 24.7 Å². The van der Waals surface area contributed by atoms with Crippen molar-refractivity contribution in [2.75, 3.05) is 50.8 Å². The molecule has 25 heavy (non-hydrogen) atoms. The molecule has 2 atom stereocenters. The van der Waals surface area contributed by atoms with Gasteiger partial charge in [-0.05, 0) is 18.9 Å². The maximum absolute atomic E-state index is 12.9. The topological polar surface area (TPSA) is 61.8 Å². The van der Waals surface area contributed by atoms with Gasteiger partial charge in [0.05, 0.1) is 25.3 Å². The summed E-state index contributed by atoms with van der Waals surface area (Å²) < 4.78 is 5.89. The lowest BCUT2D eigenvalue weighted by Crippen LogP contribution is -2.58. The largest absolute Gasteiger partial charge is 0.374 e. The molecule has 0 N–H and O–H groups in total. The van der Waals surface area contributed by atoms with Gasteiger partial charge in [-0.1, -0.05) is 12.8 Å². The molecule has 2 saturated heterocycles. The van der Waals surface area contributed by atoms with Gasteiger partial charge in [0.2, 0.25) is 11.9 Å². The number of aromatic nitrogens is 2. The molecule has 7 nitrogen and oxygen atoms in total. The molecule has 0 unspecified atom stereocenters. The van der Waals surface area contributed by atoms with Gasteiger partial charge in [-0.3, -0.25) is 9.69 Å². The average Bonchev–Trinajstić information content (AvgIpc) is 2.69. The van der Waals surface area contributed by atoms with Gasteiger partial charge in [-0.2, -0.15) is 0 Å². The Balaban J connectivity index is 1.30. The van der Waals surface area contributed by atoms with Gasteiger partial charge in [0.15, 0.2) is 0 Å². The summed E-state index contributed by atoms with van der Waals surface area (Å²) in [6.45, 7) is 5.44. The molecule has 0 aromatic carbocycles. The Kier molecular flexibility index (Phi) is 5.12. The molecule has 7 heteroatoms. The number of anilines is 1. The van der Waals surface area contributed by atoms with Crippen molar-refractivity contribution in [1.82, 2.24) is 19.8 Å². The van der Waals surface area contributed by atoms with Gasteiger partial charge in [0, 0.05) is 45.1 Å². The van der Waals surface area contributed by atoms with Gasteiger partial charge in [-0.15, -0.1) is 0 Å². The Morgan fingerprint density at radius 2 is 1.84 bits per heavy atom. The molecule has 3 heterocycles. The molecule has 3 aliphatic rings. The van der Waals surface area contributed by atoms with Gasteiger partial charge >= 0.3 is 0 Å². The fraction of sp³-hybridized carbons (Fsp3) is 0.722. The van der Waals surface area contributed by atoms with Crippen molar-refractivity contribution in [1.29, 1.82) is 0 Å². The summed E-state index contributed by atoms with van der Waals surface area (Å²) in [6.07, 6.45) is 8.45. The number of carbonyl (C=O) groups excluding carboxylic acids is 1. The second-order valence-electron chi connectivity index (χ2n) is 7.16. The molecule has 3 fully saturated rings. The highest BCUT2D eigenvalue weighted by Crippen LogP contribution is 2.28. The number of amides is 1. The summed E-state index contributed by atoms with van der Waals surface area (Å²) in [7, 11) is 0. The maximum Gasteiger partial charge on any atom is 0.237 e. The summed E-state index contributed by atoms with van der Waals surface area (Å²) in [5.41, 5.74) is 0. The number of ether oxygens (including phenoxy) is 1. The predicted octanol–water partition coefficient (Wildman–Crippen LogP) is 0.769. The van der Waals surface area contributed by atoms with Crippen LogP contribution in [0.1, 0.15) is 25.7 Å². The molecule has 136 valence electrons. The second-order valence-corrected chi connectivity index (χ2v) is 7.16. The van der Waals surface area contributed by atoms with E-state index in [1.807, 2.05) is 6.07 Å². The third-order valence-electron chi connectivity index (χ3n) is 5.62. The lowest BCUT2D eigenvalue weighted by Gasteiger charge is -2.44.